The predicted molar refractivity (Wildman–Crippen MR) is 52.4 cm³/mol. The zero-order valence-electron chi connectivity index (χ0n) is 7.31. The number of amides is 2. The Labute approximate surface area is 86.4 Å². The van der Waals surface area contributed by atoms with Gasteiger partial charge in [0, 0.05) is 0 Å². The van der Waals surface area contributed by atoms with E-state index in [1.165, 1.54) is 0 Å². The molecule has 1 aromatic carbocycles. The molecule has 5 heteroatoms. The lowest BCUT2D eigenvalue weighted by Crippen LogP contribution is -2.38. The fourth-order valence-electron chi connectivity index (χ4n) is 0.988. The molecule has 0 fully saturated rings. The second kappa shape index (κ2) is 5.24. The number of halogens is 1. The van der Waals surface area contributed by atoms with E-state index in [0.717, 1.165) is 10.6 Å². The molecule has 0 aliphatic heterocycles. The number of carbonyl (C=O) groups is 2. The van der Waals surface area contributed by atoms with E-state index in [-0.39, 0.29) is 6.54 Å². The van der Waals surface area contributed by atoms with Crippen LogP contribution in [0.2, 0.25) is 0 Å². The summed E-state index contributed by atoms with van der Waals surface area (Å²) in [6, 6.07) is 9.21. The molecule has 0 aromatic heterocycles. The van der Waals surface area contributed by atoms with Gasteiger partial charge in [0.2, 0.25) is 6.41 Å². The average Bonchev–Trinajstić information content (AvgIpc) is 2.18. The van der Waals surface area contributed by atoms with Gasteiger partial charge in [0.15, 0.2) is 0 Å². The molecule has 74 valence electrons. The lowest BCUT2D eigenvalue weighted by Gasteiger charge is -2.17. The Bertz CT molecular complexity index is 316. The van der Waals surface area contributed by atoms with Gasteiger partial charge in [-0.15, -0.1) is 0 Å². The number of hydrazine groups is 1. The van der Waals surface area contributed by atoms with Crippen LogP contribution in [-0.2, 0) is 11.3 Å². The van der Waals surface area contributed by atoms with Gasteiger partial charge in [0.25, 0.3) is 0 Å². The molecule has 0 unspecified atom stereocenters. The summed E-state index contributed by atoms with van der Waals surface area (Å²) in [4.78, 5) is 21.0. The Morgan fingerprint density at radius 3 is 2.57 bits per heavy atom. The maximum atomic E-state index is 10.8. The lowest BCUT2D eigenvalue weighted by molar-refractivity contribution is -0.112. The van der Waals surface area contributed by atoms with Crippen LogP contribution < -0.4 is 5.43 Å². The largest absolute Gasteiger partial charge is 0.335 e. The van der Waals surface area contributed by atoms with Crippen molar-refractivity contribution >= 4 is 23.4 Å². The number of hydrogen-bond acceptors (Lipinski definition) is 2. The van der Waals surface area contributed by atoms with Crippen LogP contribution in [0.3, 0.4) is 0 Å². The van der Waals surface area contributed by atoms with Gasteiger partial charge in [-0.25, -0.2) is 5.01 Å². The third-order valence-corrected chi connectivity index (χ3v) is 1.81. The maximum absolute atomic E-state index is 10.8. The van der Waals surface area contributed by atoms with E-state index in [0.29, 0.717) is 6.41 Å². The van der Waals surface area contributed by atoms with E-state index < -0.39 is 5.37 Å². The minimum Gasteiger partial charge on any atom is -0.277 e. The van der Waals surface area contributed by atoms with Gasteiger partial charge in [-0.1, -0.05) is 30.3 Å². The topological polar surface area (TPSA) is 49.4 Å². The molecule has 1 aromatic rings. The van der Waals surface area contributed by atoms with Gasteiger partial charge < -0.3 is 0 Å². The van der Waals surface area contributed by atoms with Crippen LogP contribution in [0.25, 0.3) is 0 Å². The number of carbonyl (C=O) groups excluding carboxylic acids is 2. The van der Waals surface area contributed by atoms with Crippen molar-refractivity contribution in [3.63, 3.8) is 0 Å². The van der Waals surface area contributed by atoms with Crippen molar-refractivity contribution in [2.75, 3.05) is 0 Å². The van der Waals surface area contributed by atoms with Crippen LogP contribution >= 0.6 is 11.6 Å². The molecular weight excluding hydrogens is 204 g/mol. The van der Waals surface area contributed by atoms with Crippen LogP contribution in [0.1, 0.15) is 5.56 Å². The first kappa shape index (κ1) is 10.5. The van der Waals surface area contributed by atoms with E-state index >= 15 is 0 Å². The molecule has 0 radical (unpaired) electrons. The van der Waals surface area contributed by atoms with Gasteiger partial charge in [-0.2, -0.15) is 0 Å². The monoisotopic (exact) mass is 212 g/mol. The molecule has 0 atom stereocenters. The van der Waals surface area contributed by atoms with Crippen molar-refractivity contribution in [3.05, 3.63) is 35.9 Å². The van der Waals surface area contributed by atoms with E-state index in [9.17, 15) is 9.59 Å². The standard InChI is InChI=1S/C9H9ClN2O2/c10-9(14)12(11-7-13)6-8-4-2-1-3-5-8/h1-5,7H,6H2,(H,11,13). The number of hydrogen-bond donors (Lipinski definition) is 1. The smallest absolute Gasteiger partial charge is 0.277 e. The van der Waals surface area contributed by atoms with Crippen LogP contribution in [0.4, 0.5) is 4.79 Å². The lowest BCUT2D eigenvalue weighted by atomic mass is 10.2. The first-order chi connectivity index (χ1) is 6.74. The van der Waals surface area contributed by atoms with E-state index in [2.05, 4.69) is 5.43 Å². The van der Waals surface area contributed by atoms with E-state index in [4.69, 9.17) is 11.6 Å². The molecule has 0 saturated carbocycles. The molecule has 14 heavy (non-hydrogen) atoms. The third-order valence-electron chi connectivity index (χ3n) is 1.60. The maximum Gasteiger partial charge on any atom is 0.335 e. The highest BCUT2D eigenvalue weighted by Gasteiger charge is 2.09. The highest BCUT2D eigenvalue weighted by Crippen LogP contribution is 2.04. The van der Waals surface area contributed by atoms with Crippen molar-refractivity contribution in [1.82, 2.24) is 10.4 Å². The fourth-order valence-corrected chi connectivity index (χ4v) is 1.10. The molecule has 0 bridgehead atoms. The van der Waals surface area contributed by atoms with Gasteiger partial charge in [-0.3, -0.25) is 15.0 Å². The summed E-state index contributed by atoms with van der Waals surface area (Å²) in [5, 5.41) is 0.296. The molecule has 0 aliphatic carbocycles. The van der Waals surface area contributed by atoms with Gasteiger partial charge in [-0.05, 0) is 17.2 Å². The Balaban J connectivity index is 2.64. The Hall–Kier alpha value is -1.55. The second-order valence-electron chi connectivity index (χ2n) is 2.57. The summed E-state index contributed by atoms with van der Waals surface area (Å²) in [5.41, 5.74) is 3.09. The normalized spacial score (nSPS) is 9.21. The van der Waals surface area contributed by atoms with E-state index in [1.54, 1.807) is 0 Å². The Kier molecular flexibility index (Phi) is 3.94. The Morgan fingerprint density at radius 2 is 2.07 bits per heavy atom. The first-order valence-electron chi connectivity index (χ1n) is 3.95. The quantitative estimate of drug-likeness (QED) is 0.356. The highest BCUT2D eigenvalue weighted by atomic mass is 35.5. The number of nitrogens with one attached hydrogen (secondary N) is 1. The number of benzene rings is 1. The van der Waals surface area contributed by atoms with Gasteiger partial charge >= 0.3 is 5.37 Å². The van der Waals surface area contributed by atoms with Crippen LogP contribution in [-0.4, -0.2) is 16.8 Å². The minimum absolute atomic E-state index is 0.252. The van der Waals surface area contributed by atoms with Crippen molar-refractivity contribution in [2.24, 2.45) is 0 Å². The minimum atomic E-state index is -0.721. The summed E-state index contributed by atoms with van der Waals surface area (Å²) in [6.45, 7) is 0.252. The molecule has 0 heterocycles. The zero-order chi connectivity index (χ0) is 10.4. The SMILES string of the molecule is O=CNN(Cc1ccccc1)C(=O)Cl. The molecule has 2 amide bonds. The number of rotatable bonds is 4. The Morgan fingerprint density at radius 1 is 1.43 bits per heavy atom. The van der Waals surface area contributed by atoms with Crippen LogP contribution in [0.5, 0.6) is 0 Å². The summed E-state index contributed by atoms with van der Waals surface area (Å²) in [5.74, 6) is 0. The second-order valence-corrected chi connectivity index (χ2v) is 2.89. The molecule has 0 spiro atoms. The molecule has 1 rings (SSSR count). The zero-order valence-corrected chi connectivity index (χ0v) is 8.07. The predicted octanol–water partition coefficient (Wildman–Crippen LogP) is 1.51. The van der Waals surface area contributed by atoms with Crippen molar-refractivity contribution in [3.8, 4) is 0 Å². The highest BCUT2D eigenvalue weighted by molar-refractivity contribution is 6.62. The third kappa shape index (κ3) is 3.06. The molecule has 4 nitrogen and oxygen atoms in total. The molecular formula is C9H9ClN2O2. The molecule has 0 saturated heterocycles. The van der Waals surface area contributed by atoms with Crippen molar-refractivity contribution in [2.45, 2.75) is 6.54 Å². The van der Waals surface area contributed by atoms with Crippen LogP contribution in [0, 0.1) is 0 Å². The molecule has 0 aliphatic rings. The van der Waals surface area contributed by atoms with E-state index in [1.807, 2.05) is 30.3 Å². The average molecular weight is 213 g/mol. The van der Waals surface area contributed by atoms with Crippen molar-refractivity contribution in [1.29, 1.82) is 0 Å². The summed E-state index contributed by atoms with van der Waals surface area (Å²) in [7, 11) is 0. The summed E-state index contributed by atoms with van der Waals surface area (Å²) < 4.78 is 0. The van der Waals surface area contributed by atoms with Crippen LogP contribution in [0.15, 0.2) is 30.3 Å². The number of nitrogens with zero attached hydrogens (tertiary/aromatic N) is 1. The summed E-state index contributed by atoms with van der Waals surface area (Å²) in [6.07, 6.45) is 0.406. The first-order valence-corrected chi connectivity index (χ1v) is 4.32. The molecule has 1 N–H and O–H groups in total. The van der Waals surface area contributed by atoms with Gasteiger partial charge in [0.05, 0.1) is 6.54 Å². The fraction of sp³-hybridized carbons (Fsp3) is 0.111. The summed E-state index contributed by atoms with van der Waals surface area (Å²) >= 11 is 5.24. The van der Waals surface area contributed by atoms with Gasteiger partial charge in [0.1, 0.15) is 0 Å². The van der Waals surface area contributed by atoms with Crippen molar-refractivity contribution < 1.29 is 9.59 Å².